The predicted molar refractivity (Wildman–Crippen MR) is 92.1 cm³/mol. The third-order valence-corrected chi connectivity index (χ3v) is 4.40. The SMILES string of the molecule is Cc1nc(-c2cccc(C(=O)N3CC(c4ccc(C#N)cn4)C3)c2)no1. The minimum Gasteiger partial charge on any atom is -0.339 e. The number of nitriles is 1. The van der Waals surface area contributed by atoms with E-state index in [1.165, 1.54) is 0 Å². The highest BCUT2D eigenvalue weighted by molar-refractivity contribution is 5.95. The molecule has 7 heteroatoms. The Hall–Kier alpha value is -3.53. The number of aromatic nitrogens is 3. The molecule has 3 aromatic rings. The van der Waals surface area contributed by atoms with Crippen molar-refractivity contribution in [2.45, 2.75) is 12.8 Å². The highest BCUT2D eigenvalue weighted by Gasteiger charge is 2.33. The zero-order valence-corrected chi connectivity index (χ0v) is 14.1. The number of pyridine rings is 1. The van der Waals surface area contributed by atoms with E-state index in [0.717, 1.165) is 11.3 Å². The average Bonchev–Trinajstić information content (AvgIpc) is 3.07. The van der Waals surface area contributed by atoms with Crippen molar-refractivity contribution in [2.75, 3.05) is 13.1 Å². The number of carbonyl (C=O) groups excluding carboxylic acids is 1. The largest absolute Gasteiger partial charge is 0.339 e. The Morgan fingerprint density at radius 1 is 1.31 bits per heavy atom. The molecule has 0 atom stereocenters. The fourth-order valence-corrected chi connectivity index (χ4v) is 2.93. The third kappa shape index (κ3) is 2.93. The van der Waals surface area contributed by atoms with E-state index in [2.05, 4.69) is 21.2 Å². The van der Waals surface area contributed by atoms with Crippen LogP contribution in [0.15, 0.2) is 47.1 Å². The van der Waals surface area contributed by atoms with Crippen molar-refractivity contribution in [3.05, 3.63) is 65.3 Å². The minimum absolute atomic E-state index is 0.0306. The average molecular weight is 345 g/mol. The smallest absolute Gasteiger partial charge is 0.253 e. The van der Waals surface area contributed by atoms with Gasteiger partial charge in [-0.25, -0.2) is 0 Å². The van der Waals surface area contributed by atoms with Crippen LogP contribution in [0.3, 0.4) is 0 Å². The van der Waals surface area contributed by atoms with Gasteiger partial charge < -0.3 is 9.42 Å². The summed E-state index contributed by atoms with van der Waals surface area (Å²) in [5.74, 6) is 1.13. The molecule has 0 saturated carbocycles. The van der Waals surface area contributed by atoms with Crippen LogP contribution in [0.2, 0.25) is 0 Å². The first-order valence-corrected chi connectivity index (χ1v) is 8.20. The molecule has 128 valence electrons. The molecule has 1 aromatic carbocycles. The van der Waals surface area contributed by atoms with Crippen molar-refractivity contribution in [3.8, 4) is 17.5 Å². The first-order chi connectivity index (χ1) is 12.6. The number of nitrogens with zero attached hydrogens (tertiary/aromatic N) is 5. The summed E-state index contributed by atoms with van der Waals surface area (Å²) in [5.41, 5.74) is 2.79. The molecule has 2 aromatic heterocycles. The van der Waals surface area contributed by atoms with Crippen molar-refractivity contribution < 1.29 is 9.32 Å². The van der Waals surface area contributed by atoms with E-state index in [1.54, 1.807) is 36.2 Å². The number of likely N-dealkylation sites (tertiary alicyclic amines) is 1. The number of hydrogen-bond donors (Lipinski definition) is 0. The Balaban J connectivity index is 1.45. The molecule has 1 aliphatic rings. The van der Waals surface area contributed by atoms with E-state index >= 15 is 0 Å². The molecule has 7 nitrogen and oxygen atoms in total. The van der Waals surface area contributed by atoms with Crippen molar-refractivity contribution in [1.82, 2.24) is 20.0 Å². The number of carbonyl (C=O) groups is 1. The maximum Gasteiger partial charge on any atom is 0.253 e. The van der Waals surface area contributed by atoms with Gasteiger partial charge in [-0.3, -0.25) is 9.78 Å². The van der Waals surface area contributed by atoms with Crippen molar-refractivity contribution in [3.63, 3.8) is 0 Å². The highest BCUT2D eigenvalue weighted by atomic mass is 16.5. The van der Waals surface area contributed by atoms with E-state index in [4.69, 9.17) is 9.78 Å². The van der Waals surface area contributed by atoms with E-state index in [0.29, 0.717) is 35.9 Å². The van der Waals surface area contributed by atoms with Gasteiger partial charge in [0, 0.05) is 48.9 Å². The van der Waals surface area contributed by atoms with Crippen LogP contribution in [0.1, 0.15) is 33.4 Å². The van der Waals surface area contributed by atoms with Gasteiger partial charge in [0.1, 0.15) is 6.07 Å². The fourth-order valence-electron chi connectivity index (χ4n) is 2.93. The first kappa shape index (κ1) is 16.0. The summed E-state index contributed by atoms with van der Waals surface area (Å²) in [5, 5.41) is 12.7. The molecule has 0 bridgehead atoms. The standard InChI is InChI=1S/C19H15N5O2/c1-12-22-18(23-26-12)14-3-2-4-15(7-14)19(25)24-10-16(11-24)17-6-5-13(8-20)9-21-17/h2-7,9,16H,10-11H2,1H3. The van der Waals surface area contributed by atoms with Crippen LogP contribution in [0, 0.1) is 18.3 Å². The highest BCUT2D eigenvalue weighted by Crippen LogP contribution is 2.28. The summed E-state index contributed by atoms with van der Waals surface area (Å²) in [7, 11) is 0. The van der Waals surface area contributed by atoms with E-state index in [9.17, 15) is 4.79 Å². The fraction of sp³-hybridized carbons (Fsp3) is 0.211. The van der Waals surface area contributed by atoms with Gasteiger partial charge in [0.2, 0.25) is 11.7 Å². The van der Waals surface area contributed by atoms with Crippen LogP contribution in [-0.2, 0) is 0 Å². The molecule has 1 fully saturated rings. The molecule has 0 aliphatic carbocycles. The quantitative estimate of drug-likeness (QED) is 0.724. The van der Waals surface area contributed by atoms with E-state index < -0.39 is 0 Å². The third-order valence-electron chi connectivity index (χ3n) is 4.40. The molecule has 3 heterocycles. The lowest BCUT2D eigenvalue weighted by atomic mass is 9.94. The van der Waals surface area contributed by atoms with E-state index in [-0.39, 0.29) is 11.8 Å². The molecule has 1 aliphatic heterocycles. The van der Waals surface area contributed by atoms with Gasteiger partial charge in [0.15, 0.2) is 0 Å². The molecule has 1 amide bonds. The van der Waals surface area contributed by atoms with Gasteiger partial charge in [-0.2, -0.15) is 10.2 Å². The van der Waals surface area contributed by atoms with Crippen molar-refractivity contribution in [2.24, 2.45) is 0 Å². The number of rotatable bonds is 3. The molecular weight excluding hydrogens is 330 g/mol. The van der Waals surface area contributed by atoms with Gasteiger partial charge in [-0.1, -0.05) is 17.3 Å². The van der Waals surface area contributed by atoms with Gasteiger partial charge >= 0.3 is 0 Å². The van der Waals surface area contributed by atoms with Gasteiger partial charge in [0.05, 0.1) is 5.56 Å². The normalized spacial score (nSPS) is 13.9. The molecule has 0 spiro atoms. The maximum absolute atomic E-state index is 12.7. The van der Waals surface area contributed by atoms with E-state index in [1.807, 2.05) is 18.2 Å². The molecule has 0 N–H and O–H groups in total. The topological polar surface area (TPSA) is 95.9 Å². The zero-order valence-electron chi connectivity index (χ0n) is 14.1. The lowest BCUT2D eigenvalue weighted by molar-refractivity contribution is 0.0599. The predicted octanol–water partition coefficient (Wildman–Crippen LogP) is 2.55. The first-order valence-electron chi connectivity index (χ1n) is 8.20. The Morgan fingerprint density at radius 3 is 2.81 bits per heavy atom. The number of hydrogen-bond acceptors (Lipinski definition) is 6. The summed E-state index contributed by atoms with van der Waals surface area (Å²) < 4.78 is 5.00. The zero-order chi connectivity index (χ0) is 18.1. The Morgan fingerprint density at radius 2 is 2.15 bits per heavy atom. The van der Waals surface area contributed by atoms with Gasteiger partial charge in [-0.15, -0.1) is 0 Å². The Labute approximate surface area is 149 Å². The molecule has 1 saturated heterocycles. The van der Waals surface area contributed by atoms with Crippen LogP contribution in [0.25, 0.3) is 11.4 Å². The minimum atomic E-state index is -0.0306. The molecule has 0 unspecified atom stereocenters. The number of aryl methyl sites for hydroxylation is 1. The van der Waals surface area contributed by atoms with Crippen LogP contribution >= 0.6 is 0 Å². The maximum atomic E-state index is 12.7. The summed E-state index contributed by atoms with van der Waals surface area (Å²) in [6.07, 6.45) is 1.57. The number of benzene rings is 1. The summed E-state index contributed by atoms with van der Waals surface area (Å²) in [4.78, 5) is 23.0. The number of amides is 1. The summed E-state index contributed by atoms with van der Waals surface area (Å²) in [6, 6.07) is 12.9. The van der Waals surface area contributed by atoms with Crippen LogP contribution in [0.4, 0.5) is 0 Å². The molecular formula is C19H15N5O2. The Kier molecular flexibility index (Phi) is 3.93. The second-order valence-corrected chi connectivity index (χ2v) is 6.21. The lowest BCUT2D eigenvalue weighted by Gasteiger charge is -2.39. The van der Waals surface area contributed by atoms with Crippen LogP contribution in [-0.4, -0.2) is 39.0 Å². The monoisotopic (exact) mass is 345 g/mol. The van der Waals surface area contributed by atoms with Gasteiger partial charge in [0.25, 0.3) is 5.91 Å². The molecule has 0 radical (unpaired) electrons. The second-order valence-electron chi connectivity index (χ2n) is 6.21. The lowest BCUT2D eigenvalue weighted by Crippen LogP contribution is -2.48. The Bertz CT molecular complexity index is 997. The van der Waals surface area contributed by atoms with Crippen LogP contribution < -0.4 is 0 Å². The van der Waals surface area contributed by atoms with Gasteiger partial charge in [-0.05, 0) is 24.3 Å². The summed E-state index contributed by atoms with van der Waals surface area (Å²) >= 11 is 0. The van der Waals surface area contributed by atoms with Crippen molar-refractivity contribution >= 4 is 5.91 Å². The molecule has 26 heavy (non-hydrogen) atoms. The summed E-state index contributed by atoms with van der Waals surface area (Å²) in [6.45, 7) is 2.95. The second kappa shape index (κ2) is 6.41. The molecule has 4 rings (SSSR count). The van der Waals surface area contributed by atoms with Crippen molar-refractivity contribution in [1.29, 1.82) is 5.26 Å². The van der Waals surface area contributed by atoms with Crippen LogP contribution in [0.5, 0.6) is 0 Å².